The Labute approximate surface area is 222 Å². The molecular weight excluding hydrogens is 476 g/mol. The highest BCUT2D eigenvalue weighted by Crippen LogP contribution is 2.31. The van der Waals surface area contributed by atoms with E-state index in [1.165, 1.54) is 0 Å². The van der Waals surface area contributed by atoms with Gasteiger partial charge in [0.1, 0.15) is 0 Å². The molecule has 0 bridgehead atoms. The zero-order valence-electron chi connectivity index (χ0n) is 21.7. The lowest BCUT2D eigenvalue weighted by atomic mass is 10.0. The van der Waals surface area contributed by atoms with Gasteiger partial charge in [0.25, 0.3) is 5.91 Å². The van der Waals surface area contributed by atoms with Crippen LogP contribution < -0.4 is 16.5 Å². The molecule has 4 N–H and O–H groups in total. The number of carbonyl (C=O) groups excluding carboxylic acids is 1. The summed E-state index contributed by atoms with van der Waals surface area (Å²) in [4.78, 5) is 28.6. The number of nitrogens with zero attached hydrogens (tertiary/aromatic N) is 5. The lowest BCUT2D eigenvalue weighted by Gasteiger charge is -2.32. The summed E-state index contributed by atoms with van der Waals surface area (Å²) in [5.41, 5.74) is 15.9. The second-order valence-electron chi connectivity index (χ2n) is 9.48. The Kier molecular flexibility index (Phi) is 7.69. The fraction of sp³-hybridized carbons (Fsp3) is 0.241. The molecule has 0 aliphatic carbocycles. The quantitative estimate of drug-likeness (QED) is 0.325. The van der Waals surface area contributed by atoms with Crippen LogP contribution in [0.25, 0.3) is 22.6 Å². The van der Waals surface area contributed by atoms with Crippen LogP contribution in [0.1, 0.15) is 21.5 Å². The Balaban J connectivity index is 1.25. The lowest BCUT2D eigenvalue weighted by molar-refractivity contribution is 0.102. The van der Waals surface area contributed by atoms with Crippen molar-refractivity contribution in [1.29, 1.82) is 0 Å². The molecule has 5 rings (SSSR count). The first-order valence-corrected chi connectivity index (χ1v) is 12.7. The zero-order valence-corrected chi connectivity index (χ0v) is 21.7. The summed E-state index contributed by atoms with van der Waals surface area (Å²) in [6.45, 7) is 6.74. The third-order valence-corrected chi connectivity index (χ3v) is 6.84. The number of hydrazine groups is 1. The molecule has 9 heteroatoms. The second kappa shape index (κ2) is 11.5. The van der Waals surface area contributed by atoms with Crippen molar-refractivity contribution in [3.05, 3.63) is 89.9 Å². The molecular formula is C29H32N8O. The van der Waals surface area contributed by atoms with E-state index in [9.17, 15) is 4.79 Å². The summed E-state index contributed by atoms with van der Waals surface area (Å²) in [5.74, 6) is 0.353. The third-order valence-electron chi connectivity index (χ3n) is 6.84. The van der Waals surface area contributed by atoms with Gasteiger partial charge in [-0.05, 0) is 67.6 Å². The number of carbonyl (C=O) groups is 1. The molecule has 0 atom stereocenters. The van der Waals surface area contributed by atoms with Crippen molar-refractivity contribution < 1.29 is 4.79 Å². The van der Waals surface area contributed by atoms with E-state index in [-0.39, 0.29) is 5.91 Å². The van der Waals surface area contributed by atoms with Crippen molar-refractivity contribution in [2.75, 3.05) is 44.3 Å². The van der Waals surface area contributed by atoms with Crippen LogP contribution in [0.3, 0.4) is 0 Å². The molecule has 9 nitrogen and oxygen atoms in total. The summed E-state index contributed by atoms with van der Waals surface area (Å²) in [6.07, 6.45) is 5.22. The maximum Gasteiger partial charge on any atom is 0.255 e. The number of amides is 1. The molecule has 4 aromatic rings. The molecule has 1 aliphatic rings. The lowest BCUT2D eigenvalue weighted by Crippen LogP contribution is -2.50. The number of nitrogen functional groups attached to an aromatic ring is 1. The number of benzene rings is 2. The van der Waals surface area contributed by atoms with Crippen molar-refractivity contribution >= 4 is 17.3 Å². The van der Waals surface area contributed by atoms with Crippen molar-refractivity contribution in [2.45, 2.75) is 13.5 Å². The molecule has 1 aliphatic heterocycles. The number of aromatic nitrogens is 3. The first-order chi connectivity index (χ1) is 18.5. The van der Waals surface area contributed by atoms with E-state index in [1.807, 2.05) is 55.5 Å². The van der Waals surface area contributed by atoms with E-state index in [0.29, 0.717) is 22.8 Å². The van der Waals surface area contributed by atoms with E-state index in [1.54, 1.807) is 24.7 Å². The molecule has 38 heavy (non-hydrogen) atoms. The maximum absolute atomic E-state index is 13.0. The Bertz CT molecular complexity index is 1400. The van der Waals surface area contributed by atoms with E-state index in [4.69, 9.17) is 10.7 Å². The highest BCUT2D eigenvalue weighted by Gasteiger charge is 2.16. The first kappa shape index (κ1) is 25.5. The van der Waals surface area contributed by atoms with Crippen LogP contribution in [0.15, 0.2) is 73.2 Å². The van der Waals surface area contributed by atoms with Gasteiger partial charge in [0.2, 0.25) is 0 Å². The largest absolute Gasteiger partial charge is 0.397 e. The van der Waals surface area contributed by atoms with Gasteiger partial charge in [0.15, 0.2) is 5.82 Å². The van der Waals surface area contributed by atoms with Crippen LogP contribution in [0.4, 0.5) is 11.4 Å². The molecule has 0 spiro atoms. The van der Waals surface area contributed by atoms with Gasteiger partial charge in [-0.25, -0.2) is 15.0 Å². The average molecular weight is 509 g/mol. The Morgan fingerprint density at radius 3 is 2.53 bits per heavy atom. The molecule has 1 fully saturated rings. The minimum atomic E-state index is -0.211. The van der Waals surface area contributed by atoms with Gasteiger partial charge in [-0.2, -0.15) is 0 Å². The van der Waals surface area contributed by atoms with Gasteiger partial charge >= 0.3 is 0 Å². The second-order valence-corrected chi connectivity index (χ2v) is 9.48. The van der Waals surface area contributed by atoms with Gasteiger partial charge in [0.05, 0.1) is 17.1 Å². The minimum absolute atomic E-state index is 0.211. The zero-order chi connectivity index (χ0) is 26.5. The number of nitrogens with one attached hydrogen (secondary N) is 2. The number of rotatable bonds is 7. The predicted octanol–water partition coefficient (Wildman–Crippen LogP) is 3.60. The van der Waals surface area contributed by atoms with Gasteiger partial charge in [0, 0.05) is 68.0 Å². The Morgan fingerprint density at radius 2 is 1.79 bits per heavy atom. The van der Waals surface area contributed by atoms with Gasteiger partial charge in [-0.3, -0.25) is 15.2 Å². The molecule has 3 heterocycles. The van der Waals surface area contributed by atoms with Crippen molar-refractivity contribution in [3.63, 3.8) is 0 Å². The number of nitrogens with two attached hydrogens (primary N) is 1. The number of piperazine rings is 1. The number of hydrogen-bond donors (Lipinski definition) is 3. The Hall–Kier alpha value is -4.18. The van der Waals surface area contributed by atoms with E-state index in [2.05, 4.69) is 37.7 Å². The van der Waals surface area contributed by atoms with Crippen LogP contribution in [-0.4, -0.2) is 64.0 Å². The maximum atomic E-state index is 13.0. The van der Waals surface area contributed by atoms with Gasteiger partial charge in [-0.15, -0.1) is 0 Å². The van der Waals surface area contributed by atoms with E-state index >= 15 is 0 Å². The number of pyridine rings is 1. The summed E-state index contributed by atoms with van der Waals surface area (Å²) in [7, 11) is 2.14. The van der Waals surface area contributed by atoms with Crippen molar-refractivity contribution in [2.24, 2.45) is 0 Å². The smallest absolute Gasteiger partial charge is 0.255 e. The summed E-state index contributed by atoms with van der Waals surface area (Å²) >= 11 is 0. The normalized spacial score (nSPS) is 14.4. The monoisotopic (exact) mass is 508 g/mol. The van der Waals surface area contributed by atoms with Crippen LogP contribution in [0.2, 0.25) is 0 Å². The molecule has 1 saturated heterocycles. The summed E-state index contributed by atoms with van der Waals surface area (Å²) in [5, 5.41) is 5.19. The molecule has 0 radical (unpaired) electrons. The van der Waals surface area contributed by atoms with Crippen LogP contribution in [0, 0.1) is 6.92 Å². The van der Waals surface area contributed by atoms with Gasteiger partial charge in [-0.1, -0.05) is 12.1 Å². The van der Waals surface area contributed by atoms with E-state index in [0.717, 1.165) is 60.7 Å². The summed E-state index contributed by atoms with van der Waals surface area (Å²) in [6, 6.07) is 17.0. The standard InChI is InChI=1S/C29H32N8O/c1-20-24(28-32-13-11-25(34-28)23-4-3-12-31-19-23)9-10-26(27(20)30)35-29(38)22-7-5-21(6-8-22)18-33-37-16-14-36(2)15-17-37/h3-13,19,33H,14-18,30H2,1-2H3,(H,35,38). The molecule has 194 valence electrons. The fourth-order valence-corrected chi connectivity index (χ4v) is 4.38. The van der Waals surface area contributed by atoms with E-state index < -0.39 is 0 Å². The van der Waals surface area contributed by atoms with Crippen LogP contribution in [0.5, 0.6) is 0 Å². The van der Waals surface area contributed by atoms with Crippen molar-refractivity contribution in [1.82, 2.24) is 30.3 Å². The molecule has 0 saturated carbocycles. The fourth-order valence-electron chi connectivity index (χ4n) is 4.38. The Morgan fingerprint density at radius 1 is 1.00 bits per heavy atom. The topological polar surface area (TPSA) is 112 Å². The molecule has 0 unspecified atom stereocenters. The predicted molar refractivity (Wildman–Crippen MR) is 150 cm³/mol. The highest BCUT2D eigenvalue weighted by atomic mass is 16.1. The molecule has 1 amide bonds. The van der Waals surface area contributed by atoms with Crippen LogP contribution in [-0.2, 0) is 6.54 Å². The SMILES string of the molecule is Cc1c(-c2nccc(-c3cccnc3)n2)ccc(NC(=O)c2ccc(CNN3CCN(C)CC3)cc2)c1N. The first-order valence-electron chi connectivity index (χ1n) is 12.7. The average Bonchev–Trinajstić information content (AvgIpc) is 2.96. The third kappa shape index (κ3) is 5.86. The molecule has 2 aromatic heterocycles. The molecule has 2 aromatic carbocycles. The number of likely N-dealkylation sites (N-methyl/N-ethyl adjacent to an activating group) is 1. The van der Waals surface area contributed by atoms with Crippen molar-refractivity contribution in [3.8, 4) is 22.6 Å². The van der Waals surface area contributed by atoms with Gasteiger partial charge < -0.3 is 16.0 Å². The number of anilines is 2. The minimum Gasteiger partial charge on any atom is -0.397 e. The number of hydrogen-bond acceptors (Lipinski definition) is 8. The van der Waals surface area contributed by atoms with Crippen LogP contribution >= 0.6 is 0 Å². The summed E-state index contributed by atoms with van der Waals surface area (Å²) < 4.78 is 0. The highest BCUT2D eigenvalue weighted by molar-refractivity contribution is 6.06.